The zero-order valence-electron chi connectivity index (χ0n) is 11.1. The van der Waals surface area contributed by atoms with Crippen molar-refractivity contribution in [3.63, 3.8) is 0 Å². The molecule has 0 heterocycles. The topological polar surface area (TPSA) is 74.2 Å². The Labute approximate surface area is 135 Å². The Morgan fingerprint density at radius 3 is 2.85 bits per heavy atom. The summed E-state index contributed by atoms with van der Waals surface area (Å²) in [4.78, 5) is 4.09. The van der Waals surface area contributed by atoms with Crippen LogP contribution in [0.15, 0.2) is 23.2 Å². The second-order valence-corrected chi connectivity index (χ2v) is 4.80. The fraction of sp³-hybridized carbons (Fsp3) is 0.429. The van der Waals surface area contributed by atoms with Gasteiger partial charge in [0.15, 0.2) is 5.96 Å². The van der Waals surface area contributed by atoms with E-state index in [4.69, 9.17) is 11.0 Å². The van der Waals surface area contributed by atoms with Gasteiger partial charge in [-0.3, -0.25) is 0 Å². The third-order valence-electron chi connectivity index (χ3n) is 3.39. The molecule has 6 heteroatoms. The molecule has 1 aliphatic rings. The number of nitrogens with two attached hydrogens (primary N) is 1. The predicted molar refractivity (Wildman–Crippen MR) is 87.2 cm³/mol. The minimum absolute atomic E-state index is 0. The van der Waals surface area contributed by atoms with Gasteiger partial charge in [-0.05, 0) is 37.0 Å². The maximum atomic E-state index is 13.5. The van der Waals surface area contributed by atoms with Crippen molar-refractivity contribution >= 4 is 29.9 Å². The number of hydrogen-bond donors (Lipinski definition) is 2. The quantitative estimate of drug-likeness (QED) is 0.473. The molecule has 0 atom stereocenters. The Bertz CT molecular complexity index is 520. The largest absolute Gasteiger partial charge is 0.370 e. The van der Waals surface area contributed by atoms with E-state index < -0.39 is 0 Å². The number of benzene rings is 1. The fourth-order valence-corrected chi connectivity index (χ4v) is 1.94. The number of rotatable bonds is 4. The first-order chi connectivity index (χ1) is 9.19. The van der Waals surface area contributed by atoms with Crippen LogP contribution >= 0.6 is 24.0 Å². The Morgan fingerprint density at radius 1 is 1.50 bits per heavy atom. The van der Waals surface area contributed by atoms with Crippen molar-refractivity contribution in [3.05, 3.63) is 35.1 Å². The van der Waals surface area contributed by atoms with Gasteiger partial charge in [0.1, 0.15) is 5.82 Å². The van der Waals surface area contributed by atoms with Crippen molar-refractivity contribution in [2.75, 3.05) is 6.54 Å². The molecule has 0 spiro atoms. The fourth-order valence-electron chi connectivity index (χ4n) is 1.94. The van der Waals surface area contributed by atoms with Crippen LogP contribution in [0.1, 0.15) is 30.4 Å². The van der Waals surface area contributed by atoms with Crippen molar-refractivity contribution < 1.29 is 4.39 Å². The molecule has 0 radical (unpaired) electrons. The second-order valence-electron chi connectivity index (χ2n) is 4.80. The normalized spacial score (nSPS) is 14.9. The van der Waals surface area contributed by atoms with E-state index in [2.05, 4.69) is 10.3 Å². The van der Waals surface area contributed by atoms with E-state index in [1.165, 1.54) is 37.5 Å². The number of aliphatic imine (C=N–C) groups is 1. The highest BCUT2D eigenvalue weighted by Crippen LogP contribution is 2.24. The van der Waals surface area contributed by atoms with Crippen LogP contribution in [0, 0.1) is 23.1 Å². The molecule has 0 aliphatic heterocycles. The molecule has 2 rings (SSSR count). The van der Waals surface area contributed by atoms with Crippen LogP contribution in [-0.4, -0.2) is 12.5 Å². The summed E-state index contributed by atoms with van der Waals surface area (Å²) in [6.45, 7) is 0.973. The summed E-state index contributed by atoms with van der Waals surface area (Å²) in [6.07, 6.45) is 3.76. The summed E-state index contributed by atoms with van der Waals surface area (Å²) >= 11 is 0. The van der Waals surface area contributed by atoms with E-state index in [0.29, 0.717) is 23.0 Å². The molecule has 0 saturated heterocycles. The molecule has 4 nitrogen and oxygen atoms in total. The lowest BCUT2D eigenvalue weighted by atomic mass is 9.85. The lowest BCUT2D eigenvalue weighted by molar-refractivity contribution is 0.315. The number of nitrogens with one attached hydrogen (secondary N) is 1. The average molecular weight is 388 g/mol. The molecule has 0 bridgehead atoms. The van der Waals surface area contributed by atoms with E-state index in [9.17, 15) is 4.39 Å². The van der Waals surface area contributed by atoms with E-state index in [0.717, 1.165) is 6.54 Å². The number of nitriles is 1. The van der Waals surface area contributed by atoms with E-state index in [1.54, 1.807) is 0 Å². The molecule has 20 heavy (non-hydrogen) atoms. The molecule has 0 amide bonds. The van der Waals surface area contributed by atoms with Gasteiger partial charge in [-0.1, -0.05) is 6.42 Å². The van der Waals surface area contributed by atoms with Crippen molar-refractivity contribution in [1.29, 1.82) is 5.26 Å². The number of hydrogen-bond acceptors (Lipinski definition) is 2. The average Bonchev–Trinajstić information content (AvgIpc) is 2.36. The van der Waals surface area contributed by atoms with Crippen molar-refractivity contribution in [3.8, 4) is 6.07 Å². The Morgan fingerprint density at radius 2 is 2.25 bits per heavy atom. The second kappa shape index (κ2) is 8.04. The predicted octanol–water partition coefficient (Wildman–Crippen LogP) is 2.52. The van der Waals surface area contributed by atoms with Crippen molar-refractivity contribution in [1.82, 2.24) is 5.32 Å². The van der Waals surface area contributed by atoms with Crippen molar-refractivity contribution in [2.45, 2.75) is 25.8 Å². The van der Waals surface area contributed by atoms with Gasteiger partial charge in [-0.2, -0.15) is 5.26 Å². The van der Waals surface area contributed by atoms with Crippen LogP contribution in [0.3, 0.4) is 0 Å². The van der Waals surface area contributed by atoms with Gasteiger partial charge in [0.2, 0.25) is 0 Å². The number of nitrogens with zero attached hydrogens (tertiary/aromatic N) is 2. The maximum Gasteiger partial charge on any atom is 0.188 e. The molecule has 0 unspecified atom stereocenters. The molecule has 1 aliphatic carbocycles. The molecular weight excluding hydrogens is 370 g/mol. The van der Waals surface area contributed by atoms with E-state index in [1.807, 2.05) is 6.07 Å². The van der Waals surface area contributed by atoms with Crippen LogP contribution in [0.25, 0.3) is 0 Å². The molecular formula is C14H18FIN4. The number of guanidine groups is 1. The Balaban J connectivity index is 0.00000200. The van der Waals surface area contributed by atoms with Gasteiger partial charge < -0.3 is 11.1 Å². The van der Waals surface area contributed by atoms with Gasteiger partial charge in [0.25, 0.3) is 0 Å². The van der Waals surface area contributed by atoms with Gasteiger partial charge in [-0.25, -0.2) is 9.38 Å². The first kappa shape index (κ1) is 16.7. The van der Waals surface area contributed by atoms with Crippen LogP contribution < -0.4 is 11.1 Å². The summed E-state index contributed by atoms with van der Waals surface area (Å²) < 4.78 is 13.5. The van der Waals surface area contributed by atoms with E-state index in [-0.39, 0.29) is 36.3 Å². The third kappa shape index (κ3) is 4.63. The van der Waals surface area contributed by atoms with Crippen LogP contribution in [0.4, 0.5) is 4.39 Å². The first-order valence-electron chi connectivity index (χ1n) is 6.41. The highest BCUT2D eigenvalue weighted by Gasteiger charge is 2.16. The summed E-state index contributed by atoms with van der Waals surface area (Å²) in [7, 11) is 0. The van der Waals surface area contributed by atoms with Gasteiger partial charge in [-0.15, -0.1) is 24.0 Å². The van der Waals surface area contributed by atoms with E-state index >= 15 is 0 Å². The van der Waals surface area contributed by atoms with Gasteiger partial charge in [0, 0.05) is 12.1 Å². The summed E-state index contributed by atoms with van der Waals surface area (Å²) in [5, 5.41) is 11.8. The molecule has 0 aromatic heterocycles. The zero-order valence-corrected chi connectivity index (χ0v) is 13.4. The first-order valence-corrected chi connectivity index (χ1v) is 6.41. The zero-order chi connectivity index (χ0) is 13.7. The summed E-state index contributed by atoms with van der Waals surface area (Å²) in [6, 6.07) is 6.20. The molecule has 1 fully saturated rings. The smallest absolute Gasteiger partial charge is 0.188 e. The molecule has 108 valence electrons. The number of halogens is 2. The standard InChI is InChI=1S/C14H17FN4.HI/c15-13-5-4-11(7-16)6-12(13)9-19-14(17)18-8-10-2-1-3-10;/h4-6,10H,1-3,8-9H2,(H3,17,18,19);1H. The lowest BCUT2D eigenvalue weighted by Crippen LogP contribution is -2.37. The molecule has 1 saturated carbocycles. The molecule has 3 N–H and O–H groups in total. The van der Waals surface area contributed by atoms with Crippen molar-refractivity contribution in [2.24, 2.45) is 16.6 Å². The van der Waals surface area contributed by atoms with Gasteiger partial charge in [0.05, 0.1) is 18.2 Å². The highest BCUT2D eigenvalue weighted by molar-refractivity contribution is 14.0. The monoisotopic (exact) mass is 388 g/mol. The molecule has 1 aromatic carbocycles. The molecule has 1 aromatic rings. The summed E-state index contributed by atoms with van der Waals surface area (Å²) in [5.41, 5.74) is 6.53. The Hall–Kier alpha value is -1.36. The Kier molecular flexibility index (Phi) is 6.71. The van der Waals surface area contributed by atoms with Crippen LogP contribution in [-0.2, 0) is 6.54 Å². The maximum absolute atomic E-state index is 13.5. The highest BCUT2D eigenvalue weighted by atomic mass is 127. The minimum Gasteiger partial charge on any atom is -0.370 e. The SMILES string of the molecule is I.N#Cc1ccc(F)c(CN=C(N)NCC2CCC2)c1. The van der Waals surface area contributed by atoms with Crippen LogP contribution in [0.2, 0.25) is 0 Å². The van der Waals surface area contributed by atoms with Gasteiger partial charge >= 0.3 is 0 Å². The van der Waals surface area contributed by atoms with Crippen LogP contribution in [0.5, 0.6) is 0 Å². The minimum atomic E-state index is -0.366. The summed E-state index contributed by atoms with van der Waals surface area (Å²) in [5.74, 6) is 0.649. The third-order valence-corrected chi connectivity index (χ3v) is 3.39. The lowest BCUT2D eigenvalue weighted by Gasteiger charge is -2.25.